The van der Waals surface area contributed by atoms with Gasteiger partial charge in [-0.3, -0.25) is 4.79 Å². The van der Waals surface area contributed by atoms with Crippen molar-refractivity contribution in [3.8, 4) is 17.1 Å². The Labute approximate surface area is 182 Å². The van der Waals surface area contributed by atoms with E-state index in [0.717, 1.165) is 23.6 Å². The number of hydrogen-bond acceptors (Lipinski definition) is 5. The topological polar surface area (TPSA) is 104 Å². The first-order chi connectivity index (χ1) is 14.5. The Kier molecular flexibility index (Phi) is 5.43. The number of amides is 1. The Morgan fingerprint density at radius 2 is 1.83 bits per heavy atom. The van der Waals surface area contributed by atoms with Gasteiger partial charge < -0.3 is 15.6 Å². The number of aromatic nitrogens is 5. The van der Waals surface area contributed by atoms with Gasteiger partial charge in [-0.05, 0) is 43.3 Å². The predicted molar refractivity (Wildman–Crippen MR) is 117 cm³/mol. The van der Waals surface area contributed by atoms with Crippen LogP contribution in [0.3, 0.4) is 0 Å². The number of carbonyl (C=O) groups is 1. The fraction of sp³-hybridized carbons (Fsp3) is 0.100. The lowest BCUT2D eigenvalue weighted by atomic mass is 10.2. The van der Waals surface area contributed by atoms with Crippen LogP contribution in [-0.2, 0) is 6.54 Å². The highest BCUT2D eigenvalue weighted by atomic mass is 35.5. The molecular formula is C20H17Cl2N7O. The van der Waals surface area contributed by atoms with E-state index in [-0.39, 0.29) is 5.69 Å². The number of primary amides is 1. The molecule has 0 spiro atoms. The zero-order valence-electron chi connectivity index (χ0n) is 15.9. The van der Waals surface area contributed by atoms with Gasteiger partial charge in [0.15, 0.2) is 11.5 Å². The van der Waals surface area contributed by atoms with Crippen molar-refractivity contribution in [2.24, 2.45) is 5.73 Å². The number of nitrogens with one attached hydrogen (secondary N) is 1. The first-order valence-corrected chi connectivity index (χ1v) is 9.82. The summed E-state index contributed by atoms with van der Waals surface area (Å²) >= 11 is 12.5. The minimum Gasteiger partial charge on any atom is -0.364 e. The number of para-hydroxylation sites is 1. The van der Waals surface area contributed by atoms with Crippen LogP contribution in [0, 0.1) is 0 Å². The number of hydrogen-bond donors (Lipinski definition) is 2. The van der Waals surface area contributed by atoms with E-state index in [1.807, 2.05) is 35.8 Å². The summed E-state index contributed by atoms with van der Waals surface area (Å²) in [4.78, 5) is 11.9. The molecule has 4 aromatic rings. The lowest BCUT2D eigenvalue weighted by Gasteiger charge is -2.07. The molecule has 0 aliphatic carbocycles. The summed E-state index contributed by atoms with van der Waals surface area (Å²) in [6, 6.07) is 12.7. The summed E-state index contributed by atoms with van der Waals surface area (Å²) in [5, 5.41) is 16.3. The number of benzene rings is 2. The van der Waals surface area contributed by atoms with E-state index >= 15 is 0 Å². The number of carbonyl (C=O) groups excluding carboxylic acids is 1. The van der Waals surface area contributed by atoms with Crippen LogP contribution in [0.4, 0.5) is 11.4 Å². The Hall–Kier alpha value is -3.36. The highest BCUT2D eigenvalue weighted by molar-refractivity contribution is 6.37. The van der Waals surface area contributed by atoms with E-state index < -0.39 is 5.91 Å². The molecule has 0 bridgehead atoms. The number of halogens is 2. The van der Waals surface area contributed by atoms with E-state index in [9.17, 15) is 4.79 Å². The number of rotatable bonds is 6. The molecule has 2 aromatic heterocycles. The Morgan fingerprint density at radius 3 is 2.47 bits per heavy atom. The van der Waals surface area contributed by atoms with Crippen molar-refractivity contribution in [1.82, 2.24) is 24.5 Å². The molecule has 3 N–H and O–H groups in total. The summed E-state index contributed by atoms with van der Waals surface area (Å²) in [7, 11) is 0. The van der Waals surface area contributed by atoms with Gasteiger partial charge in [-0.25, -0.2) is 4.68 Å². The van der Waals surface area contributed by atoms with Gasteiger partial charge in [-0.15, -0.1) is 10.2 Å². The number of nitrogens with zero attached hydrogens (tertiary/aromatic N) is 5. The minimum atomic E-state index is -0.674. The average molecular weight is 442 g/mol. The molecule has 0 fully saturated rings. The first kappa shape index (κ1) is 19.9. The third kappa shape index (κ3) is 3.74. The van der Waals surface area contributed by atoms with Crippen LogP contribution in [0.2, 0.25) is 10.0 Å². The van der Waals surface area contributed by atoms with Crippen LogP contribution in [0.15, 0.2) is 55.0 Å². The summed E-state index contributed by atoms with van der Waals surface area (Å²) in [5.41, 5.74) is 8.15. The summed E-state index contributed by atoms with van der Waals surface area (Å²) in [5.74, 6) is 0.107. The highest BCUT2D eigenvalue weighted by Crippen LogP contribution is 2.30. The maximum absolute atomic E-state index is 11.9. The molecular weight excluding hydrogens is 425 g/mol. The molecule has 2 aromatic carbocycles. The second-order valence-electron chi connectivity index (χ2n) is 6.41. The van der Waals surface area contributed by atoms with Crippen molar-refractivity contribution in [2.75, 3.05) is 5.32 Å². The van der Waals surface area contributed by atoms with E-state index in [1.165, 1.54) is 4.68 Å². The quantitative estimate of drug-likeness (QED) is 0.464. The van der Waals surface area contributed by atoms with Crippen LogP contribution in [0.25, 0.3) is 17.1 Å². The molecule has 8 nitrogen and oxygen atoms in total. The molecule has 4 rings (SSSR count). The van der Waals surface area contributed by atoms with Crippen molar-refractivity contribution in [3.05, 3.63) is 70.7 Å². The van der Waals surface area contributed by atoms with Crippen LogP contribution < -0.4 is 11.1 Å². The third-order valence-electron chi connectivity index (χ3n) is 4.49. The van der Waals surface area contributed by atoms with Gasteiger partial charge in [0.25, 0.3) is 5.91 Å². The van der Waals surface area contributed by atoms with Gasteiger partial charge in [0.1, 0.15) is 12.0 Å². The molecule has 2 heterocycles. The van der Waals surface area contributed by atoms with Crippen LogP contribution in [0.5, 0.6) is 0 Å². The van der Waals surface area contributed by atoms with Crippen molar-refractivity contribution < 1.29 is 4.79 Å². The fourth-order valence-electron chi connectivity index (χ4n) is 3.04. The normalized spacial score (nSPS) is 10.9. The van der Waals surface area contributed by atoms with Gasteiger partial charge >= 0.3 is 0 Å². The molecule has 0 saturated heterocycles. The number of nitrogens with two attached hydrogens (primary N) is 1. The Balaban J connectivity index is 1.66. The van der Waals surface area contributed by atoms with Gasteiger partial charge in [-0.2, -0.15) is 5.10 Å². The van der Waals surface area contributed by atoms with Crippen molar-refractivity contribution in [3.63, 3.8) is 0 Å². The predicted octanol–water partition coefficient (Wildman–Crippen LogP) is 4.30. The molecule has 0 aliphatic heterocycles. The van der Waals surface area contributed by atoms with Crippen LogP contribution in [0.1, 0.15) is 17.4 Å². The van der Waals surface area contributed by atoms with Gasteiger partial charge in [-0.1, -0.05) is 29.3 Å². The van der Waals surface area contributed by atoms with E-state index in [0.29, 0.717) is 21.4 Å². The molecule has 152 valence electrons. The second kappa shape index (κ2) is 8.17. The largest absolute Gasteiger partial charge is 0.364 e. The lowest BCUT2D eigenvalue weighted by molar-refractivity contribution is 0.0996. The molecule has 0 atom stereocenters. The molecule has 0 radical (unpaired) electrons. The maximum Gasteiger partial charge on any atom is 0.271 e. The standard InChI is InChI=1S/C20H17Cl2N7O/c1-2-28-11-24-26-20(28)12-6-8-13(9-7-12)25-16-10-29(27-17(16)19(23)30)18-14(21)4-3-5-15(18)22/h3-11,25H,2H2,1H3,(H2,23,30). The molecule has 0 unspecified atom stereocenters. The molecule has 0 saturated carbocycles. The van der Waals surface area contributed by atoms with Crippen LogP contribution >= 0.6 is 23.2 Å². The molecule has 0 aliphatic rings. The highest BCUT2D eigenvalue weighted by Gasteiger charge is 2.18. The van der Waals surface area contributed by atoms with Gasteiger partial charge in [0.05, 0.1) is 21.9 Å². The van der Waals surface area contributed by atoms with Gasteiger partial charge in [0.2, 0.25) is 0 Å². The van der Waals surface area contributed by atoms with E-state index in [1.54, 1.807) is 30.7 Å². The van der Waals surface area contributed by atoms with E-state index in [4.69, 9.17) is 28.9 Å². The zero-order valence-corrected chi connectivity index (χ0v) is 17.4. The Bertz CT molecular complexity index is 1190. The number of aryl methyl sites for hydroxylation is 1. The maximum atomic E-state index is 11.9. The van der Waals surface area contributed by atoms with E-state index in [2.05, 4.69) is 20.6 Å². The second-order valence-corrected chi connectivity index (χ2v) is 7.23. The molecule has 30 heavy (non-hydrogen) atoms. The summed E-state index contributed by atoms with van der Waals surface area (Å²) in [6.45, 7) is 2.80. The van der Waals surface area contributed by atoms with Gasteiger partial charge in [0, 0.05) is 17.8 Å². The lowest BCUT2D eigenvalue weighted by Crippen LogP contribution is -2.14. The molecule has 1 amide bonds. The summed E-state index contributed by atoms with van der Waals surface area (Å²) < 4.78 is 3.39. The average Bonchev–Trinajstić information content (AvgIpc) is 3.36. The zero-order chi connectivity index (χ0) is 21.3. The smallest absolute Gasteiger partial charge is 0.271 e. The van der Waals surface area contributed by atoms with Crippen molar-refractivity contribution >= 4 is 40.5 Å². The first-order valence-electron chi connectivity index (χ1n) is 9.07. The SMILES string of the molecule is CCn1cnnc1-c1ccc(Nc2cn(-c3c(Cl)cccc3Cl)nc2C(N)=O)cc1. The van der Waals surface area contributed by atoms with Crippen LogP contribution in [-0.4, -0.2) is 30.5 Å². The number of anilines is 2. The summed E-state index contributed by atoms with van der Waals surface area (Å²) in [6.07, 6.45) is 3.31. The van der Waals surface area contributed by atoms with Crippen molar-refractivity contribution in [1.29, 1.82) is 0 Å². The minimum absolute atomic E-state index is 0.0702. The monoisotopic (exact) mass is 441 g/mol. The third-order valence-corrected chi connectivity index (χ3v) is 5.10. The Morgan fingerprint density at radius 1 is 1.13 bits per heavy atom. The molecule has 10 heteroatoms. The van der Waals surface area contributed by atoms with Crippen molar-refractivity contribution in [2.45, 2.75) is 13.5 Å². The fourth-order valence-corrected chi connectivity index (χ4v) is 3.61.